The van der Waals surface area contributed by atoms with Gasteiger partial charge in [0.15, 0.2) is 22.6 Å². The number of carbonyl (C=O) groups is 1. The Kier molecular flexibility index (Phi) is 6.08. The van der Waals surface area contributed by atoms with Crippen LogP contribution in [0.15, 0.2) is 78.0 Å². The summed E-state index contributed by atoms with van der Waals surface area (Å²) in [4.78, 5) is 20.1. The molecule has 0 bridgehead atoms. The van der Waals surface area contributed by atoms with Crippen molar-refractivity contribution in [2.75, 3.05) is 11.1 Å². The molecule has 3 aromatic carbocycles. The fourth-order valence-electron chi connectivity index (χ4n) is 2.98. The maximum Gasteiger partial charge on any atom is 0.234 e. The highest BCUT2D eigenvalue weighted by Gasteiger charge is 2.17. The molecule has 0 saturated carbocycles. The van der Waals surface area contributed by atoms with Crippen LogP contribution < -0.4 is 5.32 Å². The van der Waals surface area contributed by atoms with E-state index in [1.54, 1.807) is 0 Å². The van der Waals surface area contributed by atoms with E-state index >= 15 is 0 Å². The van der Waals surface area contributed by atoms with E-state index < -0.39 is 29.0 Å². The fraction of sp³-hybridized carbons (Fsp3) is 0.0435. The van der Waals surface area contributed by atoms with Gasteiger partial charge in [-0.25, -0.2) is 18.2 Å². The van der Waals surface area contributed by atoms with Crippen LogP contribution in [0.1, 0.15) is 0 Å². The van der Waals surface area contributed by atoms with Crippen LogP contribution in [0, 0.1) is 17.5 Å². The minimum atomic E-state index is -1.63. The van der Waals surface area contributed by atoms with Gasteiger partial charge in [0.25, 0.3) is 0 Å². The second-order valence-corrected chi connectivity index (χ2v) is 7.52. The Morgan fingerprint density at radius 1 is 0.871 bits per heavy atom. The second-order valence-electron chi connectivity index (χ2n) is 6.56. The molecule has 4 nitrogen and oxygen atoms in total. The van der Waals surface area contributed by atoms with E-state index in [9.17, 15) is 18.0 Å². The number of thioether (sulfide) groups is 1. The molecule has 0 unspecified atom stereocenters. The third kappa shape index (κ3) is 4.64. The number of amides is 1. The van der Waals surface area contributed by atoms with Crippen molar-refractivity contribution in [1.29, 1.82) is 0 Å². The molecule has 0 radical (unpaired) electrons. The number of H-pyrrole nitrogens is 1. The molecule has 0 fully saturated rings. The largest absolute Gasteiger partial charge is 0.332 e. The monoisotopic (exact) mass is 439 g/mol. The van der Waals surface area contributed by atoms with E-state index in [1.165, 1.54) is 0 Å². The first-order valence-corrected chi connectivity index (χ1v) is 10.3. The van der Waals surface area contributed by atoms with Crippen molar-refractivity contribution in [3.05, 3.63) is 90.2 Å². The van der Waals surface area contributed by atoms with Gasteiger partial charge in [-0.3, -0.25) is 4.79 Å². The number of imidazole rings is 1. The average Bonchev–Trinajstić information content (AvgIpc) is 3.24. The van der Waals surface area contributed by atoms with Crippen LogP contribution in [-0.2, 0) is 4.79 Å². The molecule has 156 valence electrons. The Labute approximate surface area is 180 Å². The van der Waals surface area contributed by atoms with Crippen molar-refractivity contribution in [3.8, 4) is 22.5 Å². The van der Waals surface area contributed by atoms with Gasteiger partial charge in [-0.1, -0.05) is 72.4 Å². The normalized spacial score (nSPS) is 10.8. The van der Waals surface area contributed by atoms with Gasteiger partial charge in [0, 0.05) is 11.1 Å². The Hall–Kier alpha value is -3.52. The first-order chi connectivity index (χ1) is 15.0. The lowest BCUT2D eigenvalue weighted by atomic mass is 10.1. The fourth-order valence-corrected chi connectivity index (χ4v) is 3.65. The topological polar surface area (TPSA) is 57.8 Å². The first kappa shape index (κ1) is 20.7. The zero-order valence-electron chi connectivity index (χ0n) is 16.0. The molecule has 0 aliphatic heterocycles. The van der Waals surface area contributed by atoms with Crippen LogP contribution in [0.3, 0.4) is 0 Å². The quantitative estimate of drug-likeness (QED) is 0.291. The number of hydrogen-bond donors (Lipinski definition) is 2. The number of anilines is 1. The second kappa shape index (κ2) is 9.09. The van der Waals surface area contributed by atoms with E-state index in [0.717, 1.165) is 46.4 Å². The van der Waals surface area contributed by atoms with E-state index in [4.69, 9.17) is 0 Å². The maximum absolute atomic E-state index is 13.8. The lowest BCUT2D eigenvalue weighted by Crippen LogP contribution is -2.16. The lowest BCUT2D eigenvalue weighted by Gasteiger charge is -2.06. The molecule has 8 heteroatoms. The number of rotatable bonds is 6. The third-order valence-electron chi connectivity index (χ3n) is 4.44. The smallest absolute Gasteiger partial charge is 0.234 e. The van der Waals surface area contributed by atoms with Gasteiger partial charge in [-0.15, -0.1) is 0 Å². The van der Waals surface area contributed by atoms with Crippen molar-refractivity contribution in [2.45, 2.75) is 5.16 Å². The van der Waals surface area contributed by atoms with Crippen LogP contribution in [0.4, 0.5) is 18.9 Å². The maximum atomic E-state index is 13.8. The summed E-state index contributed by atoms with van der Waals surface area (Å²) >= 11 is 1.12. The van der Waals surface area contributed by atoms with E-state index in [2.05, 4.69) is 15.3 Å². The predicted octanol–water partition coefficient (Wildman–Crippen LogP) is 5.89. The number of aromatic nitrogens is 2. The van der Waals surface area contributed by atoms with Crippen LogP contribution in [0.25, 0.3) is 22.5 Å². The van der Waals surface area contributed by atoms with Gasteiger partial charge in [0.1, 0.15) is 0 Å². The van der Waals surface area contributed by atoms with Crippen molar-refractivity contribution in [1.82, 2.24) is 9.97 Å². The molecule has 4 aromatic rings. The Morgan fingerprint density at radius 3 is 2.19 bits per heavy atom. The van der Waals surface area contributed by atoms with Gasteiger partial charge in [-0.2, -0.15) is 0 Å². The van der Waals surface area contributed by atoms with Gasteiger partial charge in [-0.05, 0) is 12.1 Å². The summed E-state index contributed by atoms with van der Waals surface area (Å²) < 4.78 is 40.1. The Balaban J connectivity index is 1.53. The highest BCUT2D eigenvalue weighted by molar-refractivity contribution is 7.99. The molecule has 0 aliphatic carbocycles. The summed E-state index contributed by atoms with van der Waals surface area (Å²) in [5.41, 5.74) is 2.98. The predicted molar refractivity (Wildman–Crippen MR) is 115 cm³/mol. The molecule has 0 atom stereocenters. The molecular formula is C23H16F3N3OS. The van der Waals surface area contributed by atoms with Gasteiger partial charge < -0.3 is 10.3 Å². The van der Waals surface area contributed by atoms with Crippen molar-refractivity contribution >= 4 is 23.4 Å². The number of nitrogens with one attached hydrogen (secondary N) is 2. The molecule has 0 spiro atoms. The number of halogens is 3. The molecule has 1 aromatic heterocycles. The standard InChI is InChI=1S/C23H16F3N3OS/c24-16-11-12-17(20(26)19(16)25)27-18(30)13-31-23-28-21(14-7-3-1-4-8-14)22(29-23)15-9-5-2-6-10-15/h1-12H,13H2,(H,27,30)(H,28,29). The van der Waals surface area contributed by atoms with Gasteiger partial charge in [0.05, 0.1) is 22.8 Å². The molecule has 2 N–H and O–H groups in total. The minimum Gasteiger partial charge on any atom is -0.332 e. The molecule has 4 rings (SSSR count). The molecule has 31 heavy (non-hydrogen) atoms. The lowest BCUT2D eigenvalue weighted by molar-refractivity contribution is -0.113. The summed E-state index contributed by atoms with van der Waals surface area (Å²) in [6, 6.07) is 21.0. The summed E-state index contributed by atoms with van der Waals surface area (Å²) in [6.07, 6.45) is 0. The number of carbonyl (C=O) groups excluding carboxylic acids is 1. The van der Waals surface area contributed by atoms with Crippen LogP contribution in [0.5, 0.6) is 0 Å². The number of aromatic amines is 1. The van der Waals surface area contributed by atoms with Gasteiger partial charge >= 0.3 is 0 Å². The van der Waals surface area contributed by atoms with Crippen LogP contribution in [0.2, 0.25) is 0 Å². The van der Waals surface area contributed by atoms with Crippen molar-refractivity contribution < 1.29 is 18.0 Å². The third-order valence-corrected chi connectivity index (χ3v) is 5.31. The zero-order chi connectivity index (χ0) is 21.8. The molecule has 0 aliphatic rings. The first-order valence-electron chi connectivity index (χ1n) is 9.30. The zero-order valence-corrected chi connectivity index (χ0v) is 16.8. The SMILES string of the molecule is O=C(CSc1nc(-c2ccccc2)c(-c2ccccc2)[nH]1)Nc1ccc(F)c(F)c1F. The van der Waals surface area contributed by atoms with Gasteiger partial charge in [0.2, 0.25) is 5.91 Å². The van der Waals surface area contributed by atoms with Crippen molar-refractivity contribution in [3.63, 3.8) is 0 Å². The van der Waals surface area contributed by atoms with Crippen LogP contribution >= 0.6 is 11.8 Å². The van der Waals surface area contributed by atoms with E-state index in [-0.39, 0.29) is 5.75 Å². The molecule has 0 saturated heterocycles. The highest BCUT2D eigenvalue weighted by Crippen LogP contribution is 2.32. The van der Waals surface area contributed by atoms with Crippen LogP contribution in [-0.4, -0.2) is 21.6 Å². The van der Waals surface area contributed by atoms with E-state index in [0.29, 0.717) is 5.16 Å². The molecule has 1 heterocycles. The number of nitrogens with zero attached hydrogens (tertiary/aromatic N) is 1. The number of benzene rings is 3. The summed E-state index contributed by atoms with van der Waals surface area (Å²) in [5.74, 6) is -5.06. The molecule has 1 amide bonds. The van der Waals surface area contributed by atoms with E-state index in [1.807, 2.05) is 60.7 Å². The molecular weight excluding hydrogens is 423 g/mol. The summed E-state index contributed by atoms with van der Waals surface area (Å²) in [5, 5.41) is 2.75. The van der Waals surface area contributed by atoms with Crippen molar-refractivity contribution in [2.24, 2.45) is 0 Å². The minimum absolute atomic E-state index is 0.103. The highest BCUT2D eigenvalue weighted by atomic mass is 32.2. The summed E-state index contributed by atoms with van der Waals surface area (Å²) in [7, 11) is 0. The Bertz CT molecular complexity index is 1160. The number of hydrogen-bond acceptors (Lipinski definition) is 3. The average molecular weight is 439 g/mol. The summed E-state index contributed by atoms with van der Waals surface area (Å²) in [6.45, 7) is 0. The Morgan fingerprint density at radius 2 is 1.52 bits per heavy atom.